The highest BCUT2D eigenvalue weighted by Crippen LogP contribution is 2.23. The van der Waals surface area contributed by atoms with E-state index in [9.17, 15) is 14.7 Å². The fourth-order valence-electron chi connectivity index (χ4n) is 3.20. The molecule has 1 heterocycles. The van der Waals surface area contributed by atoms with Crippen LogP contribution in [0.1, 0.15) is 12.5 Å². The molecule has 9 heteroatoms. The lowest BCUT2D eigenvalue weighted by molar-refractivity contribution is -0.118. The summed E-state index contributed by atoms with van der Waals surface area (Å²) in [5, 5.41) is 14.1. The zero-order chi connectivity index (χ0) is 23.9. The Morgan fingerprint density at radius 2 is 1.85 bits per heavy atom. The van der Waals surface area contributed by atoms with Gasteiger partial charge in [-0.2, -0.15) is 5.10 Å². The number of phenolic OH excluding ortho intramolecular Hbond substituents is 1. The van der Waals surface area contributed by atoms with Crippen LogP contribution in [-0.2, 0) is 4.79 Å². The zero-order valence-electron chi connectivity index (χ0n) is 18.3. The Hall–Kier alpha value is -4.11. The highest BCUT2D eigenvalue weighted by molar-refractivity contribution is 7.99. The third-order valence-corrected chi connectivity index (χ3v) is 5.72. The number of hydrogen-bond donors (Lipinski definition) is 2. The first-order valence-electron chi connectivity index (χ1n) is 10.5. The van der Waals surface area contributed by atoms with Gasteiger partial charge in [0.25, 0.3) is 11.5 Å². The van der Waals surface area contributed by atoms with Crippen LogP contribution in [0.2, 0.25) is 0 Å². The summed E-state index contributed by atoms with van der Waals surface area (Å²) in [6.45, 7) is 2.45. The van der Waals surface area contributed by atoms with Crippen LogP contribution in [0, 0.1) is 0 Å². The number of carbonyl (C=O) groups excluding carboxylic acids is 1. The minimum atomic E-state index is -0.347. The minimum Gasteiger partial charge on any atom is -0.508 e. The molecule has 34 heavy (non-hydrogen) atoms. The van der Waals surface area contributed by atoms with Gasteiger partial charge in [-0.1, -0.05) is 23.9 Å². The molecule has 172 valence electrons. The highest BCUT2D eigenvalue weighted by atomic mass is 32.2. The molecular weight excluding hydrogens is 452 g/mol. The van der Waals surface area contributed by atoms with E-state index in [1.807, 2.05) is 13.0 Å². The number of phenols is 1. The molecular formula is C25H22N4O4S. The van der Waals surface area contributed by atoms with Gasteiger partial charge in [-0.25, -0.2) is 10.4 Å². The van der Waals surface area contributed by atoms with E-state index in [0.717, 1.165) is 17.3 Å². The molecule has 3 aromatic carbocycles. The average Bonchev–Trinajstić information content (AvgIpc) is 2.85. The van der Waals surface area contributed by atoms with E-state index in [0.29, 0.717) is 34.1 Å². The lowest BCUT2D eigenvalue weighted by Crippen LogP contribution is -2.24. The van der Waals surface area contributed by atoms with Crippen molar-refractivity contribution in [2.45, 2.75) is 12.1 Å². The molecule has 4 aromatic rings. The number of nitrogens with one attached hydrogen (secondary N) is 1. The smallest absolute Gasteiger partial charge is 0.266 e. The molecule has 0 radical (unpaired) electrons. The number of rotatable bonds is 8. The van der Waals surface area contributed by atoms with Gasteiger partial charge in [0.2, 0.25) is 0 Å². The molecule has 0 atom stereocenters. The topological polar surface area (TPSA) is 106 Å². The van der Waals surface area contributed by atoms with Crippen molar-refractivity contribution in [2.24, 2.45) is 5.10 Å². The molecule has 0 bridgehead atoms. The first-order valence-corrected chi connectivity index (χ1v) is 11.5. The summed E-state index contributed by atoms with van der Waals surface area (Å²) in [6, 6.07) is 20.7. The second-order valence-corrected chi connectivity index (χ2v) is 8.09. The predicted molar refractivity (Wildman–Crippen MR) is 133 cm³/mol. The second kappa shape index (κ2) is 10.7. The summed E-state index contributed by atoms with van der Waals surface area (Å²) in [4.78, 5) is 30.3. The lowest BCUT2D eigenvalue weighted by atomic mass is 10.2. The monoisotopic (exact) mass is 474 g/mol. The molecule has 0 saturated heterocycles. The fraction of sp³-hybridized carbons (Fsp3) is 0.120. The number of ether oxygens (including phenoxy) is 1. The Labute approximate surface area is 199 Å². The third-order valence-electron chi connectivity index (χ3n) is 4.78. The first kappa shape index (κ1) is 23.1. The van der Waals surface area contributed by atoms with Gasteiger partial charge in [0, 0.05) is 0 Å². The molecule has 2 N–H and O–H groups in total. The van der Waals surface area contributed by atoms with Gasteiger partial charge in [0.05, 0.1) is 35.2 Å². The first-order chi connectivity index (χ1) is 16.5. The number of amides is 1. The molecule has 0 fully saturated rings. The molecule has 0 unspecified atom stereocenters. The maximum Gasteiger partial charge on any atom is 0.266 e. The second-order valence-electron chi connectivity index (χ2n) is 7.15. The Kier molecular flexibility index (Phi) is 7.24. The van der Waals surface area contributed by atoms with Crippen LogP contribution in [0.3, 0.4) is 0 Å². The van der Waals surface area contributed by atoms with Gasteiger partial charge in [-0.15, -0.1) is 0 Å². The molecule has 0 spiro atoms. The van der Waals surface area contributed by atoms with Crippen LogP contribution >= 0.6 is 11.8 Å². The van der Waals surface area contributed by atoms with Crippen molar-refractivity contribution in [3.8, 4) is 17.2 Å². The van der Waals surface area contributed by atoms with E-state index in [1.54, 1.807) is 54.6 Å². The maximum atomic E-state index is 13.3. The van der Waals surface area contributed by atoms with Gasteiger partial charge < -0.3 is 9.84 Å². The number of aromatic hydroxyl groups is 1. The minimum absolute atomic E-state index is 0.00866. The van der Waals surface area contributed by atoms with Crippen molar-refractivity contribution in [1.82, 2.24) is 15.0 Å². The van der Waals surface area contributed by atoms with Crippen molar-refractivity contribution in [3.63, 3.8) is 0 Å². The molecule has 0 aliphatic heterocycles. The fourth-order valence-corrected chi connectivity index (χ4v) is 4.00. The standard InChI is InChI=1S/C25H22N4O4S/c1-2-33-20-13-9-18(10-14-20)29-24(32)21-5-3-4-6-22(21)27-25(29)34-16-23(31)28-26-15-17-7-11-19(30)12-8-17/h3-15,30H,2,16H2,1H3,(H,28,31). The number of thioether (sulfide) groups is 1. The SMILES string of the molecule is CCOc1ccc(-n2c(SCC(=O)NN=Cc3ccc(O)cc3)nc3ccccc3c2=O)cc1. The Bertz CT molecular complexity index is 1380. The van der Waals surface area contributed by atoms with E-state index in [2.05, 4.69) is 15.5 Å². The van der Waals surface area contributed by atoms with Crippen molar-refractivity contribution in [2.75, 3.05) is 12.4 Å². The molecule has 0 aliphatic carbocycles. The van der Waals surface area contributed by atoms with E-state index < -0.39 is 0 Å². The van der Waals surface area contributed by atoms with Crippen molar-refractivity contribution in [1.29, 1.82) is 0 Å². The van der Waals surface area contributed by atoms with Gasteiger partial charge >= 0.3 is 0 Å². The van der Waals surface area contributed by atoms with Crippen LogP contribution in [0.15, 0.2) is 87.8 Å². The molecule has 0 saturated carbocycles. The molecule has 1 amide bonds. The molecule has 4 rings (SSSR count). The Morgan fingerprint density at radius 3 is 2.59 bits per heavy atom. The summed E-state index contributed by atoms with van der Waals surface area (Å²) in [5.74, 6) is 0.516. The average molecular weight is 475 g/mol. The van der Waals surface area contributed by atoms with E-state index in [4.69, 9.17) is 4.74 Å². The normalized spacial score (nSPS) is 11.1. The summed E-state index contributed by atoms with van der Waals surface area (Å²) >= 11 is 1.14. The van der Waals surface area contributed by atoms with Gasteiger partial charge in [-0.3, -0.25) is 14.2 Å². The summed E-state index contributed by atoms with van der Waals surface area (Å²) in [6.07, 6.45) is 1.48. The number of hydrogen-bond acceptors (Lipinski definition) is 7. The zero-order valence-corrected chi connectivity index (χ0v) is 19.2. The summed E-state index contributed by atoms with van der Waals surface area (Å²) in [7, 11) is 0. The number of aromatic nitrogens is 2. The van der Waals surface area contributed by atoms with Crippen LogP contribution < -0.4 is 15.7 Å². The number of hydrazone groups is 1. The van der Waals surface area contributed by atoms with Crippen molar-refractivity contribution >= 4 is 34.8 Å². The van der Waals surface area contributed by atoms with Crippen LogP contribution in [-0.4, -0.2) is 39.1 Å². The van der Waals surface area contributed by atoms with E-state index in [1.165, 1.54) is 22.9 Å². The number of carbonyl (C=O) groups is 1. The number of benzene rings is 3. The summed E-state index contributed by atoms with van der Waals surface area (Å²) in [5.41, 5.74) is 4.16. The molecule has 0 aliphatic rings. The molecule has 1 aromatic heterocycles. The Morgan fingerprint density at radius 1 is 1.12 bits per heavy atom. The molecule has 8 nitrogen and oxygen atoms in total. The van der Waals surface area contributed by atoms with Crippen molar-refractivity contribution < 1.29 is 14.6 Å². The number of para-hydroxylation sites is 1. The predicted octanol–water partition coefficient (Wildman–Crippen LogP) is 3.73. The lowest BCUT2D eigenvalue weighted by Gasteiger charge is -2.13. The maximum absolute atomic E-state index is 13.3. The van der Waals surface area contributed by atoms with Gasteiger partial charge in [0.15, 0.2) is 5.16 Å². The van der Waals surface area contributed by atoms with E-state index in [-0.39, 0.29) is 23.0 Å². The Balaban J connectivity index is 1.56. The van der Waals surface area contributed by atoms with Crippen LogP contribution in [0.5, 0.6) is 11.5 Å². The van der Waals surface area contributed by atoms with Crippen LogP contribution in [0.25, 0.3) is 16.6 Å². The number of nitrogens with zero attached hydrogens (tertiary/aromatic N) is 3. The van der Waals surface area contributed by atoms with E-state index >= 15 is 0 Å². The van der Waals surface area contributed by atoms with Gasteiger partial charge in [-0.05, 0) is 73.2 Å². The quantitative estimate of drug-likeness (QED) is 0.174. The largest absolute Gasteiger partial charge is 0.508 e. The number of fused-ring (bicyclic) bond motifs is 1. The van der Waals surface area contributed by atoms with Crippen molar-refractivity contribution in [3.05, 3.63) is 88.7 Å². The summed E-state index contributed by atoms with van der Waals surface area (Å²) < 4.78 is 6.99. The van der Waals surface area contributed by atoms with Crippen LogP contribution in [0.4, 0.5) is 0 Å². The third kappa shape index (κ3) is 5.44. The van der Waals surface area contributed by atoms with Gasteiger partial charge in [0.1, 0.15) is 11.5 Å². The highest BCUT2D eigenvalue weighted by Gasteiger charge is 2.15.